The molecule has 2 heterocycles. The number of pyridine rings is 1. The van der Waals surface area contributed by atoms with Gasteiger partial charge in [0.15, 0.2) is 11.6 Å². The summed E-state index contributed by atoms with van der Waals surface area (Å²) in [7, 11) is 0. The van der Waals surface area contributed by atoms with E-state index in [0.29, 0.717) is 18.5 Å². The zero-order valence-electron chi connectivity index (χ0n) is 9.81. The summed E-state index contributed by atoms with van der Waals surface area (Å²) in [4.78, 5) is 6.29. The summed E-state index contributed by atoms with van der Waals surface area (Å²) in [6, 6.07) is 3.43. The van der Waals surface area contributed by atoms with E-state index in [1.54, 1.807) is 12.3 Å². The third-order valence-electron chi connectivity index (χ3n) is 3.74. The van der Waals surface area contributed by atoms with E-state index in [2.05, 4.69) is 9.88 Å². The number of rotatable bonds is 1. The number of morpholine rings is 1. The quantitative estimate of drug-likeness (QED) is 0.748. The van der Waals surface area contributed by atoms with Gasteiger partial charge in [0, 0.05) is 12.7 Å². The Morgan fingerprint density at radius 2 is 2.24 bits per heavy atom. The summed E-state index contributed by atoms with van der Waals surface area (Å²) in [6.07, 6.45) is 6.52. The highest BCUT2D eigenvalue weighted by Crippen LogP contribution is 2.31. The highest BCUT2D eigenvalue weighted by molar-refractivity contribution is 5.42. The van der Waals surface area contributed by atoms with Crippen LogP contribution in [0.3, 0.4) is 0 Å². The molecule has 0 unspecified atom stereocenters. The molecule has 2 fully saturated rings. The molecule has 0 bridgehead atoms. The molecule has 1 aliphatic carbocycles. The number of halogens is 1. The predicted molar refractivity (Wildman–Crippen MR) is 63.5 cm³/mol. The molecule has 1 aromatic heterocycles. The van der Waals surface area contributed by atoms with Crippen molar-refractivity contribution in [3.8, 4) is 0 Å². The molecule has 2 atom stereocenters. The van der Waals surface area contributed by atoms with Gasteiger partial charge in [0.25, 0.3) is 0 Å². The molecule has 4 heteroatoms. The van der Waals surface area contributed by atoms with Crippen molar-refractivity contribution in [3.05, 3.63) is 24.1 Å². The van der Waals surface area contributed by atoms with Crippen molar-refractivity contribution < 1.29 is 9.13 Å². The summed E-state index contributed by atoms with van der Waals surface area (Å²) >= 11 is 0. The minimum atomic E-state index is -0.223. The van der Waals surface area contributed by atoms with E-state index >= 15 is 0 Å². The summed E-state index contributed by atoms with van der Waals surface area (Å²) in [5.41, 5.74) is 0. The molecule has 1 aromatic rings. The van der Waals surface area contributed by atoms with Gasteiger partial charge in [-0.3, -0.25) is 0 Å². The molecule has 3 nitrogen and oxygen atoms in total. The average molecular weight is 236 g/mol. The Labute approximate surface area is 101 Å². The van der Waals surface area contributed by atoms with Crippen LogP contribution in [0.2, 0.25) is 0 Å². The minimum Gasteiger partial charge on any atom is -0.374 e. The van der Waals surface area contributed by atoms with E-state index in [9.17, 15) is 4.39 Å². The fourth-order valence-corrected chi connectivity index (χ4v) is 2.95. The van der Waals surface area contributed by atoms with Crippen LogP contribution in [-0.2, 0) is 4.74 Å². The molecule has 1 aliphatic heterocycles. The highest BCUT2D eigenvalue weighted by atomic mass is 19.1. The largest absolute Gasteiger partial charge is 0.374 e. The first-order valence-electron chi connectivity index (χ1n) is 6.35. The third-order valence-corrected chi connectivity index (χ3v) is 3.74. The number of hydrogen-bond acceptors (Lipinski definition) is 3. The van der Waals surface area contributed by atoms with E-state index in [1.165, 1.54) is 18.9 Å². The lowest BCUT2D eigenvalue weighted by Gasteiger charge is -2.44. The van der Waals surface area contributed by atoms with Crippen LogP contribution >= 0.6 is 0 Å². The summed E-state index contributed by atoms with van der Waals surface area (Å²) < 4.78 is 19.6. The zero-order valence-corrected chi connectivity index (χ0v) is 9.81. The smallest absolute Gasteiger partial charge is 0.165 e. The van der Waals surface area contributed by atoms with Crippen LogP contribution < -0.4 is 4.90 Å². The Morgan fingerprint density at radius 3 is 3.12 bits per heavy atom. The molecule has 3 rings (SSSR count). The number of aromatic nitrogens is 1. The van der Waals surface area contributed by atoms with Crippen LogP contribution in [0, 0.1) is 5.82 Å². The van der Waals surface area contributed by atoms with Crippen LogP contribution in [0.4, 0.5) is 10.2 Å². The number of fused-ring (bicyclic) bond motifs is 1. The van der Waals surface area contributed by atoms with Crippen LogP contribution in [0.15, 0.2) is 18.3 Å². The van der Waals surface area contributed by atoms with Crippen molar-refractivity contribution in [2.45, 2.75) is 37.8 Å². The van der Waals surface area contributed by atoms with Gasteiger partial charge in [0.05, 0.1) is 18.8 Å². The molecular formula is C13H17FN2O. The SMILES string of the molecule is Fc1cccnc1N1CCO[C@H]2CCCC[C@H]21. The maximum absolute atomic E-state index is 13.8. The number of hydrogen-bond donors (Lipinski definition) is 0. The monoisotopic (exact) mass is 236 g/mol. The van der Waals surface area contributed by atoms with Gasteiger partial charge in [-0.1, -0.05) is 12.8 Å². The summed E-state index contributed by atoms with van der Waals surface area (Å²) in [5.74, 6) is 0.270. The van der Waals surface area contributed by atoms with Gasteiger partial charge in [0.2, 0.25) is 0 Å². The molecular weight excluding hydrogens is 219 g/mol. The topological polar surface area (TPSA) is 25.4 Å². The molecule has 0 radical (unpaired) electrons. The van der Waals surface area contributed by atoms with Gasteiger partial charge in [0.1, 0.15) is 0 Å². The van der Waals surface area contributed by atoms with Crippen molar-refractivity contribution in [2.24, 2.45) is 0 Å². The molecule has 92 valence electrons. The van der Waals surface area contributed by atoms with Gasteiger partial charge in [-0.2, -0.15) is 0 Å². The van der Waals surface area contributed by atoms with Gasteiger partial charge in [-0.05, 0) is 25.0 Å². The molecule has 1 saturated carbocycles. The third kappa shape index (κ3) is 2.02. The van der Waals surface area contributed by atoms with Crippen molar-refractivity contribution in [1.82, 2.24) is 4.98 Å². The number of anilines is 1. The van der Waals surface area contributed by atoms with Gasteiger partial charge >= 0.3 is 0 Å². The van der Waals surface area contributed by atoms with Crippen LogP contribution in [0.1, 0.15) is 25.7 Å². The second-order valence-electron chi connectivity index (χ2n) is 4.76. The Morgan fingerprint density at radius 1 is 1.35 bits per heavy atom. The molecule has 17 heavy (non-hydrogen) atoms. The van der Waals surface area contributed by atoms with Crippen molar-refractivity contribution in [3.63, 3.8) is 0 Å². The molecule has 0 amide bonds. The molecule has 2 aliphatic rings. The molecule has 0 N–H and O–H groups in total. The second kappa shape index (κ2) is 4.61. The lowest BCUT2D eigenvalue weighted by Crippen LogP contribution is -2.53. The second-order valence-corrected chi connectivity index (χ2v) is 4.76. The van der Waals surface area contributed by atoms with E-state index < -0.39 is 0 Å². The van der Waals surface area contributed by atoms with Crippen molar-refractivity contribution in [1.29, 1.82) is 0 Å². The predicted octanol–water partition coefficient (Wildman–Crippen LogP) is 2.37. The number of ether oxygens (including phenoxy) is 1. The normalized spacial score (nSPS) is 28.9. The summed E-state index contributed by atoms with van der Waals surface area (Å²) in [5, 5.41) is 0. The molecule has 1 saturated heterocycles. The van der Waals surface area contributed by atoms with E-state index in [0.717, 1.165) is 19.4 Å². The van der Waals surface area contributed by atoms with Gasteiger partial charge < -0.3 is 9.64 Å². The van der Waals surface area contributed by atoms with Crippen molar-refractivity contribution in [2.75, 3.05) is 18.1 Å². The highest BCUT2D eigenvalue weighted by Gasteiger charge is 2.35. The minimum absolute atomic E-state index is 0.223. The van der Waals surface area contributed by atoms with E-state index in [1.807, 2.05) is 0 Å². The first-order valence-corrected chi connectivity index (χ1v) is 6.35. The fourth-order valence-electron chi connectivity index (χ4n) is 2.95. The van der Waals surface area contributed by atoms with Gasteiger partial charge in [-0.25, -0.2) is 9.37 Å². The van der Waals surface area contributed by atoms with Crippen LogP contribution in [0.25, 0.3) is 0 Å². The van der Waals surface area contributed by atoms with E-state index in [-0.39, 0.29) is 11.9 Å². The van der Waals surface area contributed by atoms with Crippen LogP contribution in [0.5, 0.6) is 0 Å². The maximum Gasteiger partial charge on any atom is 0.165 e. The molecule has 0 spiro atoms. The first kappa shape index (κ1) is 11.0. The average Bonchev–Trinajstić information content (AvgIpc) is 2.39. The van der Waals surface area contributed by atoms with Crippen LogP contribution in [-0.4, -0.2) is 30.3 Å². The number of nitrogens with zero attached hydrogens (tertiary/aromatic N) is 2. The Bertz CT molecular complexity index is 397. The Hall–Kier alpha value is -1.16. The Balaban J connectivity index is 1.88. The maximum atomic E-state index is 13.8. The van der Waals surface area contributed by atoms with Gasteiger partial charge in [-0.15, -0.1) is 0 Å². The fraction of sp³-hybridized carbons (Fsp3) is 0.615. The van der Waals surface area contributed by atoms with Crippen molar-refractivity contribution >= 4 is 5.82 Å². The lowest BCUT2D eigenvalue weighted by molar-refractivity contribution is -0.00924. The lowest BCUT2D eigenvalue weighted by atomic mass is 9.90. The Kier molecular flexibility index (Phi) is 2.97. The first-order chi connectivity index (χ1) is 8.36. The van der Waals surface area contributed by atoms with E-state index in [4.69, 9.17) is 4.74 Å². The summed E-state index contributed by atoms with van der Waals surface area (Å²) in [6.45, 7) is 1.42. The molecule has 0 aromatic carbocycles. The standard InChI is InChI=1S/C13H17FN2O/c14-10-4-3-7-15-13(10)16-8-9-17-12-6-2-1-5-11(12)16/h3-4,7,11-12H,1-2,5-6,8-9H2/t11-,12+/m1/s1. The zero-order chi connectivity index (χ0) is 11.7.